The highest BCUT2D eigenvalue weighted by Gasteiger charge is 2.43. The Labute approximate surface area is 220 Å². The van der Waals surface area contributed by atoms with E-state index in [0.717, 1.165) is 6.07 Å². The molecule has 1 amide bonds. The van der Waals surface area contributed by atoms with Crippen LogP contribution in [0.5, 0.6) is 0 Å². The predicted octanol–water partition coefficient (Wildman–Crippen LogP) is 7.19. The highest BCUT2D eigenvalue weighted by atomic mass is 19.4. The van der Waals surface area contributed by atoms with Gasteiger partial charge in [-0.05, 0) is 42.5 Å². The standard InChI is InChI=1S/C26H15F7N6O/c27-18-8-6-14(38-19-4-2-1-3-15(19)21-22-23(36-11-34-21)37-12-35-22)10-20(18)39-24(40)13-5-7-16(25(28,29)30)17(9-13)26(31,32)33/h1-12,38H,(H,39,40)(H,34,35,36,37). The lowest BCUT2D eigenvalue weighted by atomic mass is 10.0. The van der Waals surface area contributed by atoms with E-state index in [2.05, 4.69) is 30.6 Å². The van der Waals surface area contributed by atoms with Crippen LogP contribution >= 0.6 is 0 Å². The van der Waals surface area contributed by atoms with E-state index in [9.17, 15) is 35.5 Å². The SMILES string of the molecule is O=C(Nc1cc(Nc2ccccc2-c2ncnc3nc[nH]c23)ccc1F)c1ccc(C(F)(F)F)c(C(F)(F)F)c1. The van der Waals surface area contributed by atoms with Crippen LogP contribution in [-0.2, 0) is 12.4 Å². The van der Waals surface area contributed by atoms with E-state index in [1.807, 2.05) is 0 Å². The van der Waals surface area contributed by atoms with Gasteiger partial charge in [0.15, 0.2) is 5.65 Å². The molecule has 0 radical (unpaired) electrons. The van der Waals surface area contributed by atoms with Crippen molar-refractivity contribution < 1.29 is 35.5 Å². The Morgan fingerprint density at radius 3 is 2.30 bits per heavy atom. The lowest BCUT2D eigenvalue weighted by molar-refractivity contribution is -0.162. The average molecular weight is 560 g/mol. The topological polar surface area (TPSA) is 95.6 Å². The third-order valence-corrected chi connectivity index (χ3v) is 5.79. The van der Waals surface area contributed by atoms with Gasteiger partial charge in [0.1, 0.15) is 23.4 Å². The molecule has 0 aliphatic rings. The second-order valence-corrected chi connectivity index (χ2v) is 8.40. The van der Waals surface area contributed by atoms with Crippen molar-refractivity contribution in [3.05, 3.63) is 95.8 Å². The van der Waals surface area contributed by atoms with E-state index in [-0.39, 0.29) is 17.8 Å². The Hall–Kier alpha value is -5.01. The number of nitrogens with one attached hydrogen (secondary N) is 3. The van der Waals surface area contributed by atoms with Gasteiger partial charge in [0.05, 0.1) is 23.1 Å². The molecule has 204 valence electrons. The van der Waals surface area contributed by atoms with Crippen LogP contribution in [0.25, 0.3) is 22.4 Å². The van der Waals surface area contributed by atoms with Gasteiger partial charge >= 0.3 is 12.4 Å². The molecule has 5 aromatic rings. The Morgan fingerprint density at radius 2 is 1.55 bits per heavy atom. The van der Waals surface area contributed by atoms with E-state index < -0.39 is 46.5 Å². The largest absolute Gasteiger partial charge is 0.417 e. The van der Waals surface area contributed by atoms with Crippen molar-refractivity contribution in [2.24, 2.45) is 0 Å². The number of carbonyl (C=O) groups is 1. The summed E-state index contributed by atoms with van der Waals surface area (Å²) in [6, 6.07) is 11.3. The van der Waals surface area contributed by atoms with Crippen LogP contribution in [0.1, 0.15) is 21.5 Å². The molecule has 0 aliphatic heterocycles. The molecular formula is C26H15F7N6O. The number of fused-ring (bicyclic) bond motifs is 1. The first-order valence-electron chi connectivity index (χ1n) is 11.3. The van der Waals surface area contributed by atoms with Crippen molar-refractivity contribution in [3.63, 3.8) is 0 Å². The maximum atomic E-state index is 14.6. The predicted molar refractivity (Wildman–Crippen MR) is 131 cm³/mol. The zero-order chi connectivity index (χ0) is 28.7. The number of hydrogen-bond acceptors (Lipinski definition) is 5. The maximum Gasteiger partial charge on any atom is 0.417 e. The van der Waals surface area contributed by atoms with Crippen LogP contribution in [0.15, 0.2) is 73.3 Å². The molecule has 0 aliphatic carbocycles. The molecule has 40 heavy (non-hydrogen) atoms. The van der Waals surface area contributed by atoms with Crippen LogP contribution in [-0.4, -0.2) is 25.8 Å². The highest BCUT2D eigenvalue weighted by Crippen LogP contribution is 2.41. The second-order valence-electron chi connectivity index (χ2n) is 8.40. The number of benzene rings is 3. The Kier molecular flexibility index (Phi) is 6.61. The van der Waals surface area contributed by atoms with Crippen molar-refractivity contribution in [1.29, 1.82) is 0 Å². The Bertz CT molecular complexity index is 1730. The molecule has 0 spiro atoms. The van der Waals surface area contributed by atoms with Gasteiger partial charge in [-0.25, -0.2) is 19.3 Å². The van der Waals surface area contributed by atoms with Crippen molar-refractivity contribution >= 4 is 34.1 Å². The third kappa shape index (κ3) is 5.28. The summed E-state index contributed by atoms with van der Waals surface area (Å²) in [5.41, 5.74) is -2.18. The van der Waals surface area contributed by atoms with E-state index >= 15 is 0 Å². The van der Waals surface area contributed by atoms with E-state index in [0.29, 0.717) is 34.2 Å². The molecule has 0 bridgehead atoms. The molecule has 3 aromatic carbocycles. The number of nitrogens with zero attached hydrogens (tertiary/aromatic N) is 3. The normalized spacial score (nSPS) is 12.0. The molecule has 0 saturated heterocycles. The number of rotatable bonds is 5. The fourth-order valence-corrected chi connectivity index (χ4v) is 3.98. The van der Waals surface area contributed by atoms with Gasteiger partial charge in [-0.1, -0.05) is 18.2 Å². The van der Waals surface area contributed by atoms with Gasteiger partial charge in [-0.15, -0.1) is 0 Å². The summed E-state index contributed by atoms with van der Waals surface area (Å²) < 4.78 is 93.6. The molecule has 7 nitrogen and oxygen atoms in total. The number of para-hydroxylation sites is 1. The summed E-state index contributed by atoms with van der Waals surface area (Å²) in [6.45, 7) is 0. The van der Waals surface area contributed by atoms with Crippen LogP contribution in [0.2, 0.25) is 0 Å². The van der Waals surface area contributed by atoms with E-state index in [4.69, 9.17) is 0 Å². The molecule has 2 aromatic heterocycles. The number of alkyl halides is 6. The fraction of sp³-hybridized carbons (Fsp3) is 0.0769. The number of aromatic nitrogens is 4. The fourth-order valence-electron chi connectivity index (χ4n) is 3.98. The smallest absolute Gasteiger partial charge is 0.355 e. The Balaban J connectivity index is 1.44. The van der Waals surface area contributed by atoms with E-state index in [1.165, 1.54) is 24.8 Å². The summed E-state index contributed by atoms with van der Waals surface area (Å²) in [7, 11) is 0. The number of imidazole rings is 1. The van der Waals surface area contributed by atoms with Gasteiger partial charge < -0.3 is 15.6 Å². The van der Waals surface area contributed by atoms with Gasteiger partial charge in [0.2, 0.25) is 0 Å². The molecule has 2 heterocycles. The lowest BCUT2D eigenvalue weighted by Crippen LogP contribution is -2.19. The minimum absolute atomic E-state index is 0.0757. The van der Waals surface area contributed by atoms with Gasteiger partial charge in [0, 0.05) is 22.5 Å². The van der Waals surface area contributed by atoms with Crippen LogP contribution < -0.4 is 10.6 Å². The van der Waals surface area contributed by atoms with Crippen molar-refractivity contribution in [2.45, 2.75) is 12.4 Å². The summed E-state index contributed by atoms with van der Waals surface area (Å²) in [5, 5.41) is 5.20. The molecule has 0 saturated carbocycles. The van der Waals surface area contributed by atoms with Crippen LogP contribution in [0.3, 0.4) is 0 Å². The molecule has 3 N–H and O–H groups in total. The molecular weight excluding hydrogens is 545 g/mol. The summed E-state index contributed by atoms with van der Waals surface area (Å²) >= 11 is 0. The zero-order valence-corrected chi connectivity index (χ0v) is 19.8. The van der Waals surface area contributed by atoms with Gasteiger partial charge in [-0.3, -0.25) is 4.79 Å². The van der Waals surface area contributed by atoms with Gasteiger partial charge in [0.25, 0.3) is 5.91 Å². The number of anilines is 3. The first kappa shape index (κ1) is 26.6. The van der Waals surface area contributed by atoms with Crippen molar-refractivity contribution in [3.8, 4) is 11.3 Å². The lowest BCUT2D eigenvalue weighted by Gasteiger charge is -2.17. The maximum absolute atomic E-state index is 14.6. The Morgan fingerprint density at radius 1 is 0.800 bits per heavy atom. The van der Waals surface area contributed by atoms with Crippen LogP contribution in [0.4, 0.5) is 47.8 Å². The molecule has 0 unspecified atom stereocenters. The first-order chi connectivity index (χ1) is 18.9. The summed E-state index contributed by atoms with van der Waals surface area (Å²) in [4.78, 5) is 28.1. The van der Waals surface area contributed by atoms with E-state index in [1.54, 1.807) is 24.3 Å². The number of aromatic amines is 1. The zero-order valence-electron chi connectivity index (χ0n) is 19.8. The molecule has 0 fully saturated rings. The monoisotopic (exact) mass is 560 g/mol. The number of carbonyl (C=O) groups excluding carboxylic acids is 1. The van der Waals surface area contributed by atoms with Crippen LogP contribution in [0, 0.1) is 5.82 Å². The minimum Gasteiger partial charge on any atom is -0.355 e. The quantitative estimate of drug-likeness (QED) is 0.198. The third-order valence-electron chi connectivity index (χ3n) is 5.79. The first-order valence-corrected chi connectivity index (χ1v) is 11.3. The van der Waals surface area contributed by atoms with Crippen molar-refractivity contribution in [2.75, 3.05) is 10.6 Å². The molecule has 0 atom stereocenters. The summed E-state index contributed by atoms with van der Waals surface area (Å²) in [5.74, 6) is -2.16. The summed E-state index contributed by atoms with van der Waals surface area (Å²) in [6.07, 6.45) is -7.87. The average Bonchev–Trinajstić information content (AvgIpc) is 3.39. The number of hydrogen-bond donors (Lipinski definition) is 3. The molecule has 14 heteroatoms. The molecule has 5 rings (SSSR count). The number of H-pyrrole nitrogens is 1. The van der Waals surface area contributed by atoms with Crippen molar-refractivity contribution in [1.82, 2.24) is 19.9 Å². The number of halogens is 7. The second kappa shape index (κ2) is 9.94. The number of amides is 1. The highest BCUT2D eigenvalue weighted by molar-refractivity contribution is 6.05. The minimum atomic E-state index is -5.38. The van der Waals surface area contributed by atoms with Gasteiger partial charge in [-0.2, -0.15) is 26.3 Å².